The molecule has 0 aliphatic carbocycles. The fraction of sp³-hybridized carbons (Fsp3) is 0. The summed E-state index contributed by atoms with van der Waals surface area (Å²) in [5, 5.41) is 4.87. The van der Waals surface area contributed by atoms with E-state index in [1.54, 1.807) is 0 Å². The molecule has 0 atom stereocenters. The first-order valence-electron chi connectivity index (χ1n) is 5.43. The van der Waals surface area contributed by atoms with Gasteiger partial charge in [-0.15, -0.1) is 0 Å². The third-order valence-corrected chi connectivity index (χ3v) is 2.37. The molecule has 2 rings (SSSR count). The lowest BCUT2D eigenvalue weighted by Gasteiger charge is -2.09. The second-order valence-electron chi connectivity index (χ2n) is 3.82. The molecule has 4 nitrogen and oxygen atoms in total. The van der Waals surface area contributed by atoms with Crippen LogP contribution in [0.3, 0.4) is 0 Å². The number of benzene rings is 2. The zero-order valence-electron chi connectivity index (χ0n) is 9.78. The summed E-state index contributed by atoms with van der Waals surface area (Å²) in [7, 11) is 0. The molecule has 2 aromatic carbocycles. The van der Waals surface area contributed by atoms with Gasteiger partial charge >= 0.3 is 6.03 Å². The van der Waals surface area contributed by atoms with Crippen molar-refractivity contribution in [2.75, 3.05) is 16.4 Å². The van der Waals surface area contributed by atoms with Crippen molar-refractivity contribution in [3.05, 3.63) is 54.1 Å². The standard InChI is InChI=1S/C13H11F2N3O/c14-8-1-4-10(5-2-8)17-13(19)18-12-7-9(15)3-6-11(12)16/h1-7H,16H2,(H2,17,18,19). The molecule has 0 saturated carbocycles. The van der Waals surface area contributed by atoms with E-state index >= 15 is 0 Å². The first kappa shape index (κ1) is 12.8. The Labute approximate surface area is 108 Å². The van der Waals surface area contributed by atoms with Crippen LogP contribution in [0.2, 0.25) is 0 Å². The van der Waals surface area contributed by atoms with Crippen molar-refractivity contribution in [2.45, 2.75) is 0 Å². The smallest absolute Gasteiger partial charge is 0.323 e. The number of hydrogen-bond acceptors (Lipinski definition) is 2. The molecule has 0 fully saturated rings. The number of carbonyl (C=O) groups is 1. The van der Waals surface area contributed by atoms with Crippen molar-refractivity contribution in [3.63, 3.8) is 0 Å². The van der Waals surface area contributed by atoms with Crippen LogP contribution < -0.4 is 16.4 Å². The van der Waals surface area contributed by atoms with Gasteiger partial charge in [-0.1, -0.05) is 0 Å². The molecule has 4 N–H and O–H groups in total. The van der Waals surface area contributed by atoms with E-state index in [9.17, 15) is 13.6 Å². The average molecular weight is 263 g/mol. The fourth-order valence-electron chi connectivity index (χ4n) is 1.45. The number of rotatable bonds is 2. The van der Waals surface area contributed by atoms with Gasteiger partial charge in [-0.3, -0.25) is 0 Å². The Hall–Kier alpha value is -2.63. The summed E-state index contributed by atoms with van der Waals surface area (Å²) in [4.78, 5) is 11.6. The first-order chi connectivity index (χ1) is 9.04. The van der Waals surface area contributed by atoms with E-state index in [1.165, 1.54) is 36.4 Å². The number of anilines is 3. The van der Waals surface area contributed by atoms with Crippen molar-refractivity contribution in [3.8, 4) is 0 Å². The summed E-state index contributed by atoms with van der Waals surface area (Å²) in [6.07, 6.45) is 0. The quantitative estimate of drug-likeness (QED) is 0.728. The molecular formula is C13H11F2N3O. The van der Waals surface area contributed by atoms with Gasteiger partial charge in [-0.25, -0.2) is 13.6 Å². The molecule has 0 bridgehead atoms. The molecule has 6 heteroatoms. The summed E-state index contributed by atoms with van der Waals surface area (Å²) < 4.78 is 25.7. The Bertz CT molecular complexity index is 599. The summed E-state index contributed by atoms with van der Waals surface area (Å²) in [6.45, 7) is 0. The number of nitrogens with two attached hydrogens (primary N) is 1. The molecule has 2 aromatic rings. The van der Waals surface area contributed by atoms with Gasteiger partial charge in [0.05, 0.1) is 11.4 Å². The summed E-state index contributed by atoms with van der Waals surface area (Å²) in [5.41, 5.74) is 6.42. The van der Waals surface area contributed by atoms with Gasteiger partial charge in [-0.05, 0) is 42.5 Å². The minimum Gasteiger partial charge on any atom is -0.397 e. The fourth-order valence-corrected chi connectivity index (χ4v) is 1.45. The zero-order chi connectivity index (χ0) is 13.8. The predicted molar refractivity (Wildman–Crippen MR) is 69.9 cm³/mol. The maximum atomic E-state index is 13.0. The highest BCUT2D eigenvalue weighted by molar-refractivity contribution is 6.01. The van der Waals surface area contributed by atoms with Crippen LogP contribution in [0.15, 0.2) is 42.5 Å². The van der Waals surface area contributed by atoms with Crippen LogP contribution in [0.25, 0.3) is 0 Å². The Morgan fingerprint density at radius 3 is 2.26 bits per heavy atom. The number of nitrogen functional groups attached to an aromatic ring is 1. The van der Waals surface area contributed by atoms with Crippen molar-refractivity contribution in [1.29, 1.82) is 0 Å². The summed E-state index contributed by atoms with van der Waals surface area (Å²) in [5.74, 6) is -0.911. The molecule has 0 heterocycles. The van der Waals surface area contributed by atoms with Gasteiger partial charge in [0.15, 0.2) is 0 Å². The van der Waals surface area contributed by atoms with Gasteiger partial charge in [0.2, 0.25) is 0 Å². The van der Waals surface area contributed by atoms with Gasteiger partial charge in [-0.2, -0.15) is 0 Å². The van der Waals surface area contributed by atoms with Gasteiger partial charge in [0, 0.05) is 5.69 Å². The van der Waals surface area contributed by atoms with Gasteiger partial charge in [0.1, 0.15) is 11.6 Å². The normalized spacial score (nSPS) is 10.0. The lowest BCUT2D eigenvalue weighted by Crippen LogP contribution is -2.20. The third kappa shape index (κ3) is 3.41. The number of amides is 2. The number of urea groups is 1. The van der Waals surface area contributed by atoms with Crippen LogP contribution in [-0.4, -0.2) is 6.03 Å². The molecule has 2 amide bonds. The van der Waals surface area contributed by atoms with Crippen molar-refractivity contribution < 1.29 is 13.6 Å². The maximum absolute atomic E-state index is 13.0. The highest BCUT2D eigenvalue weighted by atomic mass is 19.1. The number of nitrogens with one attached hydrogen (secondary N) is 2. The molecule has 0 aliphatic rings. The third-order valence-electron chi connectivity index (χ3n) is 2.37. The molecule has 0 spiro atoms. The Morgan fingerprint density at radius 1 is 0.947 bits per heavy atom. The largest absolute Gasteiger partial charge is 0.397 e. The summed E-state index contributed by atoms with van der Waals surface area (Å²) in [6, 6.07) is 8.30. The van der Waals surface area contributed by atoms with Crippen LogP contribution in [0, 0.1) is 11.6 Å². The Morgan fingerprint density at radius 2 is 1.58 bits per heavy atom. The highest BCUT2D eigenvalue weighted by Gasteiger charge is 2.06. The second-order valence-corrected chi connectivity index (χ2v) is 3.82. The van der Waals surface area contributed by atoms with E-state index in [2.05, 4.69) is 10.6 Å². The molecule has 0 unspecified atom stereocenters. The van der Waals surface area contributed by atoms with Crippen LogP contribution in [0.1, 0.15) is 0 Å². The minimum absolute atomic E-state index is 0.166. The van der Waals surface area contributed by atoms with Crippen LogP contribution >= 0.6 is 0 Å². The number of hydrogen-bond donors (Lipinski definition) is 3. The molecule has 98 valence electrons. The lowest BCUT2D eigenvalue weighted by atomic mass is 10.2. The molecule has 0 aromatic heterocycles. The Kier molecular flexibility index (Phi) is 3.61. The van der Waals surface area contributed by atoms with Crippen molar-refractivity contribution >= 4 is 23.1 Å². The topological polar surface area (TPSA) is 67.1 Å². The maximum Gasteiger partial charge on any atom is 0.323 e. The lowest BCUT2D eigenvalue weighted by molar-refractivity contribution is 0.262. The van der Waals surface area contributed by atoms with E-state index in [1.807, 2.05) is 0 Å². The van der Waals surface area contributed by atoms with E-state index in [-0.39, 0.29) is 11.4 Å². The molecule has 0 radical (unpaired) electrons. The highest BCUT2D eigenvalue weighted by Crippen LogP contribution is 2.19. The Balaban J connectivity index is 2.05. The van der Waals surface area contributed by atoms with E-state index in [0.29, 0.717) is 5.69 Å². The van der Waals surface area contributed by atoms with Crippen LogP contribution in [0.5, 0.6) is 0 Å². The molecule has 0 aliphatic heterocycles. The predicted octanol–water partition coefficient (Wildman–Crippen LogP) is 3.19. The van der Waals surface area contributed by atoms with Crippen LogP contribution in [-0.2, 0) is 0 Å². The SMILES string of the molecule is Nc1ccc(F)cc1NC(=O)Nc1ccc(F)cc1. The molecule has 0 saturated heterocycles. The second kappa shape index (κ2) is 5.34. The zero-order valence-corrected chi connectivity index (χ0v) is 9.78. The monoisotopic (exact) mass is 263 g/mol. The van der Waals surface area contributed by atoms with Crippen molar-refractivity contribution in [2.24, 2.45) is 0 Å². The average Bonchev–Trinajstić information content (AvgIpc) is 2.37. The molecular weight excluding hydrogens is 252 g/mol. The van der Waals surface area contributed by atoms with E-state index in [4.69, 9.17) is 5.73 Å². The van der Waals surface area contributed by atoms with Crippen LogP contribution in [0.4, 0.5) is 30.6 Å². The van der Waals surface area contributed by atoms with Gasteiger partial charge < -0.3 is 16.4 Å². The number of halogens is 2. The molecule has 19 heavy (non-hydrogen) atoms. The van der Waals surface area contributed by atoms with E-state index < -0.39 is 17.7 Å². The minimum atomic E-state index is -0.594. The number of carbonyl (C=O) groups excluding carboxylic acids is 1. The van der Waals surface area contributed by atoms with E-state index in [0.717, 1.165) is 6.07 Å². The summed E-state index contributed by atoms with van der Waals surface area (Å²) >= 11 is 0. The van der Waals surface area contributed by atoms with Crippen molar-refractivity contribution in [1.82, 2.24) is 0 Å². The van der Waals surface area contributed by atoms with Gasteiger partial charge in [0.25, 0.3) is 0 Å². The first-order valence-corrected chi connectivity index (χ1v) is 5.43.